The monoisotopic (exact) mass is 327 g/mol. The van der Waals surface area contributed by atoms with Crippen molar-refractivity contribution < 1.29 is 5.11 Å². The van der Waals surface area contributed by atoms with Crippen LogP contribution in [0.4, 0.5) is 11.4 Å². The summed E-state index contributed by atoms with van der Waals surface area (Å²) in [5.74, 6) is 0.903. The van der Waals surface area contributed by atoms with Gasteiger partial charge in [-0.1, -0.05) is 11.6 Å². The molecule has 0 aliphatic heterocycles. The van der Waals surface area contributed by atoms with E-state index < -0.39 is 0 Å². The predicted molar refractivity (Wildman–Crippen MR) is 95.6 cm³/mol. The van der Waals surface area contributed by atoms with Crippen LogP contribution >= 0.6 is 11.6 Å². The van der Waals surface area contributed by atoms with Gasteiger partial charge < -0.3 is 21.1 Å². The van der Waals surface area contributed by atoms with Gasteiger partial charge in [0.15, 0.2) is 0 Å². The lowest BCUT2D eigenvalue weighted by Gasteiger charge is -2.13. The number of rotatable bonds is 3. The van der Waals surface area contributed by atoms with Crippen LogP contribution in [0.15, 0.2) is 36.4 Å². The molecule has 1 heterocycles. The number of nitrogens with two attached hydrogens (primary N) is 2. The molecule has 0 atom stereocenters. The molecule has 0 unspecified atom stereocenters. The molecule has 0 spiro atoms. The number of halogens is 1. The first-order valence-electron chi connectivity index (χ1n) is 7.70. The Hall–Kier alpha value is -2.33. The number of aromatic hydroxyl groups is 1. The second kappa shape index (κ2) is 5.10. The highest BCUT2D eigenvalue weighted by Gasteiger charge is 2.26. The van der Waals surface area contributed by atoms with Crippen LogP contribution in [0, 0.1) is 5.92 Å². The molecule has 5 heteroatoms. The number of phenols is 1. The molecule has 1 saturated carbocycles. The summed E-state index contributed by atoms with van der Waals surface area (Å²) in [5, 5.41) is 11.4. The van der Waals surface area contributed by atoms with Crippen molar-refractivity contribution >= 4 is 33.9 Å². The van der Waals surface area contributed by atoms with Crippen LogP contribution in [0.2, 0.25) is 5.02 Å². The van der Waals surface area contributed by atoms with Crippen molar-refractivity contribution in [1.82, 2.24) is 4.57 Å². The zero-order valence-corrected chi connectivity index (χ0v) is 13.3. The highest BCUT2D eigenvalue weighted by Crippen LogP contribution is 2.43. The van der Waals surface area contributed by atoms with Crippen LogP contribution in [0.3, 0.4) is 0 Å². The number of phenolic OH excluding ortho intramolecular Hbond substituents is 1. The van der Waals surface area contributed by atoms with Crippen molar-refractivity contribution in [2.24, 2.45) is 5.92 Å². The van der Waals surface area contributed by atoms with Gasteiger partial charge in [0.1, 0.15) is 5.75 Å². The number of nitrogens with zero attached hydrogens (tertiary/aromatic N) is 1. The summed E-state index contributed by atoms with van der Waals surface area (Å²) in [7, 11) is 0. The van der Waals surface area contributed by atoms with Crippen molar-refractivity contribution in [3.05, 3.63) is 41.4 Å². The quantitative estimate of drug-likeness (QED) is 0.629. The third-order valence-corrected chi connectivity index (χ3v) is 4.79. The first-order chi connectivity index (χ1) is 11.0. The average molecular weight is 328 g/mol. The molecule has 1 aliphatic rings. The maximum absolute atomic E-state index is 9.87. The van der Waals surface area contributed by atoms with E-state index in [1.807, 2.05) is 18.2 Å². The van der Waals surface area contributed by atoms with E-state index in [4.69, 9.17) is 23.1 Å². The Balaban J connectivity index is 2.01. The zero-order chi connectivity index (χ0) is 16.1. The molecule has 23 heavy (non-hydrogen) atoms. The molecule has 118 valence electrons. The van der Waals surface area contributed by atoms with Crippen molar-refractivity contribution in [2.75, 3.05) is 11.5 Å². The molecule has 0 radical (unpaired) electrons. The fourth-order valence-corrected chi connectivity index (χ4v) is 3.41. The Bertz CT molecular complexity index is 912. The van der Waals surface area contributed by atoms with E-state index in [-0.39, 0.29) is 5.75 Å². The lowest BCUT2D eigenvalue weighted by molar-refractivity contribution is 0.475. The predicted octanol–water partition coefficient (Wildman–Crippen LogP) is 4.24. The maximum Gasteiger partial charge on any atom is 0.117 e. The smallest absolute Gasteiger partial charge is 0.117 e. The largest absolute Gasteiger partial charge is 0.508 e. The summed E-state index contributed by atoms with van der Waals surface area (Å²) in [6.45, 7) is 0.882. The van der Waals surface area contributed by atoms with Gasteiger partial charge in [-0.3, -0.25) is 0 Å². The Morgan fingerprint density at radius 3 is 2.61 bits per heavy atom. The summed E-state index contributed by atoms with van der Waals surface area (Å²) in [4.78, 5) is 0. The minimum absolute atomic E-state index is 0.238. The maximum atomic E-state index is 9.87. The van der Waals surface area contributed by atoms with E-state index in [1.54, 1.807) is 18.2 Å². The molecule has 0 amide bonds. The molecule has 4 nitrogen and oxygen atoms in total. The van der Waals surface area contributed by atoms with Crippen molar-refractivity contribution in [1.29, 1.82) is 0 Å². The van der Waals surface area contributed by atoms with E-state index in [9.17, 15) is 5.11 Å². The number of benzene rings is 2. The van der Waals surface area contributed by atoms with E-state index in [1.165, 1.54) is 12.8 Å². The van der Waals surface area contributed by atoms with Crippen LogP contribution in [0.25, 0.3) is 22.2 Å². The SMILES string of the molecule is Nc1ccc(-c2c(N)c3ccc(O)cc3n2CC2CC2)c(Cl)c1. The molecular formula is C18H18ClN3O. The van der Waals surface area contributed by atoms with E-state index in [0.717, 1.165) is 28.7 Å². The Kier molecular flexibility index (Phi) is 3.16. The average Bonchev–Trinajstić information content (AvgIpc) is 3.28. The minimum atomic E-state index is 0.238. The second-order valence-corrected chi connectivity index (χ2v) is 6.66. The van der Waals surface area contributed by atoms with Crippen molar-refractivity contribution in [2.45, 2.75) is 19.4 Å². The lowest BCUT2D eigenvalue weighted by Crippen LogP contribution is -2.03. The van der Waals surface area contributed by atoms with Crippen LogP contribution in [-0.4, -0.2) is 9.67 Å². The molecule has 4 rings (SSSR count). The summed E-state index contributed by atoms with van der Waals surface area (Å²) in [5.41, 5.74) is 16.3. The van der Waals surface area contributed by atoms with Gasteiger partial charge in [0.2, 0.25) is 0 Å². The number of aromatic nitrogens is 1. The van der Waals surface area contributed by atoms with Crippen molar-refractivity contribution in [3.63, 3.8) is 0 Å². The van der Waals surface area contributed by atoms with Gasteiger partial charge in [0, 0.05) is 29.2 Å². The lowest BCUT2D eigenvalue weighted by atomic mass is 10.1. The topological polar surface area (TPSA) is 77.2 Å². The highest BCUT2D eigenvalue weighted by atomic mass is 35.5. The molecule has 1 aliphatic carbocycles. The second-order valence-electron chi connectivity index (χ2n) is 6.26. The van der Waals surface area contributed by atoms with Crippen LogP contribution < -0.4 is 11.5 Å². The molecule has 2 aromatic carbocycles. The zero-order valence-electron chi connectivity index (χ0n) is 12.6. The van der Waals surface area contributed by atoms with Gasteiger partial charge in [0.05, 0.1) is 21.9 Å². The molecule has 1 fully saturated rings. The Morgan fingerprint density at radius 2 is 1.91 bits per heavy atom. The normalized spacial score (nSPS) is 14.5. The molecule has 0 saturated heterocycles. The number of anilines is 2. The number of nitrogen functional groups attached to an aromatic ring is 2. The van der Waals surface area contributed by atoms with E-state index in [0.29, 0.717) is 22.3 Å². The molecular weight excluding hydrogens is 310 g/mol. The summed E-state index contributed by atoms with van der Waals surface area (Å²) in [6, 6.07) is 10.8. The van der Waals surface area contributed by atoms with Gasteiger partial charge in [-0.15, -0.1) is 0 Å². The number of hydrogen-bond donors (Lipinski definition) is 3. The summed E-state index contributed by atoms with van der Waals surface area (Å²) < 4.78 is 2.18. The third-order valence-electron chi connectivity index (χ3n) is 4.47. The van der Waals surface area contributed by atoms with Gasteiger partial charge in [-0.25, -0.2) is 0 Å². The fourth-order valence-electron chi connectivity index (χ4n) is 3.13. The van der Waals surface area contributed by atoms with Crippen LogP contribution in [0.1, 0.15) is 12.8 Å². The molecule has 0 bridgehead atoms. The third kappa shape index (κ3) is 2.39. The van der Waals surface area contributed by atoms with Crippen LogP contribution in [0.5, 0.6) is 5.75 Å². The molecule has 5 N–H and O–H groups in total. The number of fused-ring (bicyclic) bond motifs is 1. The van der Waals surface area contributed by atoms with Crippen molar-refractivity contribution in [3.8, 4) is 17.0 Å². The van der Waals surface area contributed by atoms with Gasteiger partial charge in [-0.2, -0.15) is 0 Å². The van der Waals surface area contributed by atoms with Gasteiger partial charge >= 0.3 is 0 Å². The number of hydrogen-bond acceptors (Lipinski definition) is 3. The van der Waals surface area contributed by atoms with Gasteiger partial charge in [-0.05, 0) is 49.1 Å². The fraction of sp³-hybridized carbons (Fsp3) is 0.222. The Labute approximate surface area is 139 Å². The molecule has 1 aromatic heterocycles. The molecule has 3 aromatic rings. The van der Waals surface area contributed by atoms with Crippen LogP contribution in [-0.2, 0) is 6.54 Å². The summed E-state index contributed by atoms with van der Waals surface area (Å²) >= 11 is 6.42. The minimum Gasteiger partial charge on any atom is -0.508 e. The first-order valence-corrected chi connectivity index (χ1v) is 8.08. The van der Waals surface area contributed by atoms with E-state index in [2.05, 4.69) is 4.57 Å². The first kappa shape index (κ1) is 14.3. The van der Waals surface area contributed by atoms with Gasteiger partial charge in [0.25, 0.3) is 0 Å². The van der Waals surface area contributed by atoms with E-state index >= 15 is 0 Å². The summed E-state index contributed by atoms with van der Waals surface area (Å²) in [6.07, 6.45) is 2.46. The standard InChI is InChI=1S/C18H18ClN3O/c19-15-7-11(20)3-5-13(15)18-17(21)14-6-4-12(23)8-16(14)22(18)9-10-1-2-10/h3-8,10,23H,1-2,9,20-21H2. The highest BCUT2D eigenvalue weighted by molar-refractivity contribution is 6.34. The Morgan fingerprint density at radius 1 is 1.13 bits per heavy atom.